The average Bonchev–Trinajstić information content (AvgIpc) is 3.21. The Morgan fingerprint density at radius 1 is 0.938 bits per heavy atom. The molecule has 0 radical (unpaired) electrons. The number of amides is 1. The van der Waals surface area contributed by atoms with Crippen molar-refractivity contribution in [1.29, 1.82) is 0 Å². The van der Waals surface area contributed by atoms with Gasteiger partial charge in [-0.3, -0.25) is 4.79 Å². The van der Waals surface area contributed by atoms with E-state index in [9.17, 15) is 4.79 Å². The van der Waals surface area contributed by atoms with E-state index in [2.05, 4.69) is 10.6 Å². The summed E-state index contributed by atoms with van der Waals surface area (Å²) < 4.78 is 16.0. The molecule has 7 heteroatoms. The summed E-state index contributed by atoms with van der Waals surface area (Å²) in [7, 11) is 4.84. The van der Waals surface area contributed by atoms with Gasteiger partial charge in [-0.05, 0) is 61.1 Å². The second-order valence-electron chi connectivity index (χ2n) is 7.64. The predicted octanol–water partition coefficient (Wildman–Crippen LogP) is 5.52. The molecule has 2 aromatic carbocycles. The van der Waals surface area contributed by atoms with E-state index in [0.717, 1.165) is 41.1 Å². The minimum absolute atomic E-state index is 0.120. The van der Waals surface area contributed by atoms with Crippen molar-refractivity contribution in [2.75, 3.05) is 32.0 Å². The molecular weight excluding hydrogens is 424 g/mol. The van der Waals surface area contributed by atoms with E-state index in [1.54, 1.807) is 44.8 Å². The molecule has 1 aliphatic carbocycles. The Kier molecular flexibility index (Phi) is 6.85. The van der Waals surface area contributed by atoms with E-state index in [0.29, 0.717) is 23.7 Å². The zero-order valence-electron chi connectivity index (χ0n) is 18.6. The van der Waals surface area contributed by atoms with Crippen LogP contribution >= 0.6 is 11.3 Å². The summed E-state index contributed by atoms with van der Waals surface area (Å²) in [4.78, 5) is 14.7. The number of carbonyl (C=O) groups excluding carboxylic acids is 1. The molecule has 0 bridgehead atoms. The standard InChI is InChI=1S/C25H28N2O4S/c1-29-17-10-8-16(9-11-17)15-26-25-23(19-6-4-5-7-22(19)32-25)24(28)27-20-13-12-18(30-2)14-21(20)31-3/h8-14,26H,4-7,15H2,1-3H3,(H,27,28). The second-order valence-corrected chi connectivity index (χ2v) is 8.74. The summed E-state index contributed by atoms with van der Waals surface area (Å²) >= 11 is 1.70. The monoisotopic (exact) mass is 452 g/mol. The third-order valence-corrected chi connectivity index (χ3v) is 6.92. The van der Waals surface area contributed by atoms with Crippen LogP contribution in [-0.2, 0) is 19.4 Å². The van der Waals surface area contributed by atoms with Gasteiger partial charge >= 0.3 is 0 Å². The molecule has 0 aliphatic heterocycles. The van der Waals surface area contributed by atoms with Gasteiger partial charge in [0.25, 0.3) is 5.91 Å². The summed E-state index contributed by atoms with van der Waals surface area (Å²) in [5.74, 6) is 1.95. The molecule has 0 unspecified atom stereocenters. The largest absolute Gasteiger partial charge is 0.497 e. The topological polar surface area (TPSA) is 68.8 Å². The lowest BCUT2D eigenvalue weighted by Crippen LogP contribution is -2.17. The number of aryl methyl sites for hydroxylation is 1. The first-order chi connectivity index (χ1) is 15.6. The van der Waals surface area contributed by atoms with Crippen molar-refractivity contribution in [1.82, 2.24) is 0 Å². The number of hydrogen-bond donors (Lipinski definition) is 2. The Morgan fingerprint density at radius 2 is 1.66 bits per heavy atom. The molecule has 0 fully saturated rings. The highest BCUT2D eigenvalue weighted by Gasteiger charge is 2.26. The number of rotatable bonds is 8. The first kappa shape index (κ1) is 22.0. The van der Waals surface area contributed by atoms with Crippen molar-refractivity contribution in [2.24, 2.45) is 0 Å². The van der Waals surface area contributed by atoms with Crippen molar-refractivity contribution in [2.45, 2.75) is 32.2 Å². The van der Waals surface area contributed by atoms with E-state index in [1.807, 2.05) is 30.3 Å². The van der Waals surface area contributed by atoms with Gasteiger partial charge in [0.1, 0.15) is 22.2 Å². The van der Waals surface area contributed by atoms with Gasteiger partial charge in [0.2, 0.25) is 0 Å². The van der Waals surface area contributed by atoms with E-state index < -0.39 is 0 Å². The van der Waals surface area contributed by atoms with Crippen LogP contribution < -0.4 is 24.8 Å². The fourth-order valence-corrected chi connectivity index (χ4v) is 5.23. The molecule has 2 N–H and O–H groups in total. The molecule has 168 valence electrons. The van der Waals surface area contributed by atoms with Crippen LogP contribution in [0.5, 0.6) is 17.2 Å². The van der Waals surface area contributed by atoms with E-state index in [4.69, 9.17) is 14.2 Å². The van der Waals surface area contributed by atoms with E-state index in [-0.39, 0.29) is 5.91 Å². The molecule has 6 nitrogen and oxygen atoms in total. The molecular formula is C25H28N2O4S. The number of ether oxygens (including phenoxy) is 3. The van der Waals surface area contributed by atoms with Gasteiger partial charge in [0, 0.05) is 17.5 Å². The number of thiophene rings is 1. The van der Waals surface area contributed by atoms with Crippen molar-refractivity contribution >= 4 is 27.9 Å². The van der Waals surface area contributed by atoms with E-state index >= 15 is 0 Å². The maximum Gasteiger partial charge on any atom is 0.259 e. The van der Waals surface area contributed by atoms with Crippen LogP contribution in [0.15, 0.2) is 42.5 Å². The fourth-order valence-electron chi connectivity index (χ4n) is 3.94. The van der Waals surface area contributed by atoms with E-state index in [1.165, 1.54) is 16.9 Å². The van der Waals surface area contributed by atoms with Crippen molar-refractivity contribution in [3.05, 3.63) is 64.0 Å². The molecule has 32 heavy (non-hydrogen) atoms. The van der Waals surface area contributed by atoms with Crippen molar-refractivity contribution in [3.8, 4) is 17.2 Å². The number of methoxy groups -OCH3 is 3. The SMILES string of the molecule is COc1ccc(CNc2sc3c(c2C(=O)Nc2ccc(OC)cc2OC)CCCC3)cc1. The van der Waals surface area contributed by atoms with Crippen LogP contribution in [0.25, 0.3) is 0 Å². The predicted molar refractivity (Wildman–Crippen MR) is 129 cm³/mol. The molecule has 1 aromatic heterocycles. The molecule has 3 aromatic rings. The summed E-state index contributed by atoms with van der Waals surface area (Å²) in [6, 6.07) is 13.3. The molecule has 4 rings (SSSR count). The Bertz CT molecular complexity index is 1090. The highest BCUT2D eigenvalue weighted by molar-refractivity contribution is 7.16. The summed E-state index contributed by atoms with van der Waals surface area (Å²) in [6.45, 7) is 0.634. The maximum atomic E-state index is 13.4. The molecule has 1 heterocycles. The Balaban J connectivity index is 1.59. The Hall–Kier alpha value is -3.19. The number of benzene rings is 2. The van der Waals surface area contributed by atoms with Crippen LogP contribution in [0.3, 0.4) is 0 Å². The third-order valence-electron chi connectivity index (χ3n) is 5.67. The molecule has 0 saturated heterocycles. The normalized spacial score (nSPS) is 12.6. The number of anilines is 2. The van der Waals surface area contributed by atoms with Gasteiger partial charge in [0.15, 0.2) is 0 Å². The lowest BCUT2D eigenvalue weighted by Gasteiger charge is -2.15. The average molecular weight is 453 g/mol. The smallest absolute Gasteiger partial charge is 0.259 e. The minimum atomic E-state index is -0.120. The Morgan fingerprint density at radius 3 is 2.38 bits per heavy atom. The number of fused-ring (bicyclic) bond motifs is 1. The molecule has 1 aliphatic rings. The third kappa shape index (κ3) is 4.67. The minimum Gasteiger partial charge on any atom is -0.497 e. The first-order valence-electron chi connectivity index (χ1n) is 10.7. The summed E-state index contributed by atoms with van der Waals surface area (Å²) in [5.41, 5.74) is 3.66. The van der Waals surface area contributed by atoms with Crippen LogP contribution in [0.1, 0.15) is 39.2 Å². The maximum absolute atomic E-state index is 13.4. The fraction of sp³-hybridized carbons (Fsp3) is 0.320. The van der Waals surface area contributed by atoms with Crippen molar-refractivity contribution in [3.63, 3.8) is 0 Å². The lowest BCUT2D eigenvalue weighted by atomic mass is 9.95. The lowest BCUT2D eigenvalue weighted by molar-refractivity contribution is 0.102. The zero-order valence-corrected chi connectivity index (χ0v) is 19.4. The summed E-state index contributed by atoms with van der Waals surface area (Å²) in [6.07, 6.45) is 4.22. The molecule has 0 spiro atoms. The highest BCUT2D eigenvalue weighted by Crippen LogP contribution is 2.39. The molecule has 0 atom stereocenters. The van der Waals surface area contributed by atoms with Gasteiger partial charge in [-0.15, -0.1) is 11.3 Å². The van der Waals surface area contributed by atoms with Gasteiger partial charge in [-0.1, -0.05) is 12.1 Å². The molecule has 1 amide bonds. The van der Waals surface area contributed by atoms with Gasteiger partial charge in [-0.25, -0.2) is 0 Å². The number of nitrogens with one attached hydrogen (secondary N) is 2. The second kappa shape index (κ2) is 9.96. The number of carbonyl (C=O) groups is 1. The zero-order chi connectivity index (χ0) is 22.5. The van der Waals surface area contributed by atoms with Gasteiger partial charge < -0.3 is 24.8 Å². The van der Waals surface area contributed by atoms with Crippen LogP contribution in [0, 0.1) is 0 Å². The van der Waals surface area contributed by atoms with Crippen LogP contribution in [0.4, 0.5) is 10.7 Å². The van der Waals surface area contributed by atoms with Crippen LogP contribution in [-0.4, -0.2) is 27.2 Å². The number of hydrogen-bond acceptors (Lipinski definition) is 6. The van der Waals surface area contributed by atoms with Gasteiger partial charge in [-0.2, -0.15) is 0 Å². The summed E-state index contributed by atoms with van der Waals surface area (Å²) in [5, 5.41) is 7.47. The highest BCUT2D eigenvalue weighted by atomic mass is 32.1. The van der Waals surface area contributed by atoms with Crippen LogP contribution in [0.2, 0.25) is 0 Å². The first-order valence-corrected chi connectivity index (χ1v) is 11.5. The van der Waals surface area contributed by atoms with Crippen molar-refractivity contribution < 1.29 is 19.0 Å². The molecule has 0 saturated carbocycles. The van der Waals surface area contributed by atoms with Gasteiger partial charge in [0.05, 0.1) is 32.6 Å². The Labute approximate surface area is 192 Å². The quantitative estimate of drug-likeness (QED) is 0.471.